The SMILES string of the molecule is CCOc1cc(/C(O)=C2\C(=O)C(=O)N(c3ccc(C)c(C)c3)C2c2c(C)[nH]c3ccccc23)ccc1Cl. The van der Waals surface area contributed by atoms with Crippen LogP contribution in [0.2, 0.25) is 5.02 Å². The van der Waals surface area contributed by atoms with E-state index in [0.717, 1.165) is 33.3 Å². The Bertz CT molecular complexity index is 1600. The first-order valence-electron chi connectivity index (χ1n) is 12.1. The van der Waals surface area contributed by atoms with Gasteiger partial charge < -0.3 is 14.8 Å². The molecule has 2 heterocycles. The lowest BCUT2D eigenvalue weighted by atomic mass is 9.93. The van der Waals surface area contributed by atoms with Gasteiger partial charge in [-0.25, -0.2) is 0 Å². The van der Waals surface area contributed by atoms with Crippen molar-refractivity contribution in [2.45, 2.75) is 33.7 Å². The number of ether oxygens (including phenoxy) is 1. The fraction of sp³-hybridized carbons (Fsp3) is 0.200. The highest BCUT2D eigenvalue weighted by atomic mass is 35.5. The van der Waals surface area contributed by atoms with Crippen LogP contribution < -0.4 is 9.64 Å². The molecule has 1 aliphatic rings. The molecule has 37 heavy (non-hydrogen) atoms. The first-order valence-corrected chi connectivity index (χ1v) is 12.5. The van der Waals surface area contributed by atoms with Gasteiger partial charge in [0.25, 0.3) is 11.7 Å². The van der Waals surface area contributed by atoms with Crippen molar-refractivity contribution in [1.82, 2.24) is 4.98 Å². The number of ketones is 1. The number of aromatic amines is 1. The first kappa shape index (κ1) is 24.7. The largest absolute Gasteiger partial charge is 0.507 e. The number of benzene rings is 3. The van der Waals surface area contributed by atoms with Gasteiger partial charge in [0, 0.05) is 33.4 Å². The Morgan fingerprint density at radius 3 is 2.51 bits per heavy atom. The van der Waals surface area contributed by atoms with Gasteiger partial charge in [-0.2, -0.15) is 0 Å². The summed E-state index contributed by atoms with van der Waals surface area (Å²) in [6, 6.07) is 17.3. The molecule has 4 aromatic rings. The highest BCUT2D eigenvalue weighted by Crippen LogP contribution is 2.46. The summed E-state index contributed by atoms with van der Waals surface area (Å²) in [7, 11) is 0. The van der Waals surface area contributed by atoms with Gasteiger partial charge in [0.15, 0.2) is 0 Å². The Morgan fingerprint density at radius 2 is 1.78 bits per heavy atom. The number of carbonyl (C=O) groups is 2. The molecule has 1 aromatic heterocycles. The average molecular weight is 515 g/mol. The van der Waals surface area contributed by atoms with Gasteiger partial charge in [-0.1, -0.05) is 35.9 Å². The molecule has 1 fully saturated rings. The van der Waals surface area contributed by atoms with Gasteiger partial charge in [-0.15, -0.1) is 0 Å². The topological polar surface area (TPSA) is 82.6 Å². The maximum absolute atomic E-state index is 13.6. The van der Waals surface area contributed by atoms with Crippen LogP contribution in [0.5, 0.6) is 5.75 Å². The van der Waals surface area contributed by atoms with Crippen LogP contribution in [0.25, 0.3) is 16.7 Å². The van der Waals surface area contributed by atoms with Crippen LogP contribution in [0.4, 0.5) is 5.69 Å². The number of aryl methyl sites for hydroxylation is 3. The molecule has 1 amide bonds. The molecule has 2 N–H and O–H groups in total. The fourth-order valence-electron chi connectivity index (χ4n) is 4.97. The molecule has 6 nitrogen and oxygen atoms in total. The first-order chi connectivity index (χ1) is 17.7. The van der Waals surface area contributed by atoms with Crippen LogP contribution in [0.1, 0.15) is 40.9 Å². The van der Waals surface area contributed by atoms with E-state index in [0.29, 0.717) is 28.6 Å². The summed E-state index contributed by atoms with van der Waals surface area (Å²) in [5, 5.41) is 12.8. The molecule has 0 spiro atoms. The van der Waals surface area contributed by atoms with E-state index < -0.39 is 17.7 Å². The number of carbonyl (C=O) groups excluding carboxylic acids is 2. The monoisotopic (exact) mass is 514 g/mol. The normalized spacial score (nSPS) is 17.1. The lowest BCUT2D eigenvalue weighted by Crippen LogP contribution is -2.29. The number of aliphatic hydroxyl groups excluding tert-OH is 1. The van der Waals surface area contributed by atoms with E-state index >= 15 is 0 Å². The van der Waals surface area contributed by atoms with E-state index in [1.807, 2.05) is 70.2 Å². The second kappa shape index (κ2) is 9.45. The molecule has 0 bridgehead atoms. The lowest BCUT2D eigenvalue weighted by Gasteiger charge is -2.26. The van der Waals surface area contributed by atoms with Crippen molar-refractivity contribution in [3.63, 3.8) is 0 Å². The number of nitrogens with zero attached hydrogens (tertiary/aromatic N) is 1. The number of halogens is 1. The molecule has 1 aliphatic heterocycles. The third-order valence-electron chi connectivity index (χ3n) is 6.93. The van der Waals surface area contributed by atoms with Crippen molar-refractivity contribution in [2.75, 3.05) is 11.5 Å². The maximum Gasteiger partial charge on any atom is 0.300 e. The molecular formula is C30H27ClN2O4. The van der Waals surface area contributed by atoms with E-state index in [-0.39, 0.29) is 11.3 Å². The number of aromatic nitrogens is 1. The van der Waals surface area contributed by atoms with Crippen molar-refractivity contribution in [1.29, 1.82) is 0 Å². The molecule has 1 atom stereocenters. The number of hydrogen-bond acceptors (Lipinski definition) is 4. The number of fused-ring (bicyclic) bond motifs is 1. The number of nitrogens with one attached hydrogen (secondary N) is 1. The minimum atomic E-state index is -0.843. The minimum Gasteiger partial charge on any atom is -0.507 e. The average Bonchev–Trinajstić information content (AvgIpc) is 3.34. The number of rotatable bonds is 5. The second-order valence-corrected chi connectivity index (χ2v) is 9.63. The third-order valence-corrected chi connectivity index (χ3v) is 7.25. The van der Waals surface area contributed by atoms with Gasteiger partial charge in [0.2, 0.25) is 0 Å². The van der Waals surface area contributed by atoms with E-state index in [1.54, 1.807) is 18.2 Å². The predicted molar refractivity (Wildman–Crippen MR) is 146 cm³/mol. The number of H-pyrrole nitrogens is 1. The summed E-state index contributed by atoms with van der Waals surface area (Å²) < 4.78 is 5.60. The van der Waals surface area contributed by atoms with Crippen LogP contribution in [0.15, 0.2) is 66.2 Å². The fourth-order valence-corrected chi connectivity index (χ4v) is 5.14. The smallest absolute Gasteiger partial charge is 0.300 e. The summed E-state index contributed by atoms with van der Waals surface area (Å²) in [6.07, 6.45) is 0. The Labute approximate surface area is 220 Å². The molecule has 1 unspecified atom stereocenters. The standard InChI is InChI=1S/C30H27ClN2O4/c1-5-37-24-15-19(11-13-22(24)31)28(34)26-27(25-18(4)32-23-9-7-6-8-21(23)25)33(30(36)29(26)35)20-12-10-16(2)17(3)14-20/h6-15,27,32,34H,5H2,1-4H3/b28-26+. The molecule has 1 saturated heterocycles. The molecular weight excluding hydrogens is 488 g/mol. The Morgan fingerprint density at radius 1 is 1.03 bits per heavy atom. The van der Waals surface area contributed by atoms with E-state index in [1.165, 1.54) is 4.90 Å². The zero-order valence-corrected chi connectivity index (χ0v) is 21.8. The van der Waals surface area contributed by atoms with E-state index in [4.69, 9.17) is 16.3 Å². The summed E-state index contributed by atoms with van der Waals surface area (Å²) in [5.41, 5.74) is 5.45. The number of amides is 1. The Balaban J connectivity index is 1.80. The molecule has 5 rings (SSSR count). The third kappa shape index (κ3) is 4.07. The molecule has 0 aliphatic carbocycles. The Kier molecular flexibility index (Phi) is 6.30. The molecule has 0 saturated carbocycles. The van der Waals surface area contributed by atoms with Crippen LogP contribution >= 0.6 is 11.6 Å². The summed E-state index contributed by atoms with van der Waals surface area (Å²) in [4.78, 5) is 32.1. The molecule has 0 radical (unpaired) electrons. The zero-order valence-electron chi connectivity index (χ0n) is 21.1. The van der Waals surface area contributed by atoms with Crippen molar-refractivity contribution < 1.29 is 19.4 Å². The van der Waals surface area contributed by atoms with E-state index in [2.05, 4.69) is 4.98 Å². The number of para-hydroxylation sites is 1. The van der Waals surface area contributed by atoms with Crippen molar-refractivity contribution in [2.24, 2.45) is 0 Å². The van der Waals surface area contributed by atoms with Crippen molar-refractivity contribution >= 4 is 45.6 Å². The van der Waals surface area contributed by atoms with Crippen LogP contribution in [0.3, 0.4) is 0 Å². The highest BCUT2D eigenvalue weighted by Gasteiger charge is 2.48. The molecule has 188 valence electrons. The quantitative estimate of drug-likeness (QED) is 0.175. The maximum atomic E-state index is 13.6. The van der Waals surface area contributed by atoms with Crippen LogP contribution in [-0.2, 0) is 9.59 Å². The van der Waals surface area contributed by atoms with Crippen LogP contribution in [0, 0.1) is 20.8 Å². The lowest BCUT2D eigenvalue weighted by molar-refractivity contribution is -0.132. The number of aliphatic hydroxyl groups is 1. The molecule has 3 aromatic carbocycles. The Hall–Kier alpha value is -4.03. The summed E-state index contributed by atoms with van der Waals surface area (Å²) in [6.45, 7) is 8.08. The van der Waals surface area contributed by atoms with Gasteiger partial charge in [0.05, 0.1) is 23.2 Å². The zero-order chi connectivity index (χ0) is 26.4. The second-order valence-electron chi connectivity index (χ2n) is 9.23. The van der Waals surface area contributed by atoms with E-state index in [9.17, 15) is 14.7 Å². The van der Waals surface area contributed by atoms with Gasteiger partial charge >= 0.3 is 0 Å². The summed E-state index contributed by atoms with van der Waals surface area (Å²) >= 11 is 6.26. The highest BCUT2D eigenvalue weighted by molar-refractivity contribution is 6.52. The van der Waals surface area contributed by atoms with Gasteiger partial charge in [0.1, 0.15) is 11.5 Å². The van der Waals surface area contributed by atoms with Crippen molar-refractivity contribution in [3.8, 4) is 5.75 Å². The number of Topliss-reactive ketones (excluding diaryl/α,β-unsaturated/α-hetero) is 1. The van der Waals surface area contributed by atoms with Crippen molar-refractivity contribution in [3.05, 3.63) is 99.2 Å². The number of anilines is 1. The minimum absolute atomic E-state index is 0.0147. The number of hydrogen-bond donors (Lipinski definition) is 2. The summed E-state index contributed by atoms with van der Waals surface area (Å²) in [5.74, 6) is -1.34. The molecule has 7 heteroatoms. The van der Waals surface area contributed by atoms with Crippen LogP contribution in [-0.4, -0.2) is 28.4 Å². The van der Waals surface area contributed by atoms with Gasteiger partial charge in [-0.05, 0) is 75.2 Å². The predicted octanol–water partition coefficient (Wildman–Crippen LogP) is 6.77. The van der Waals surface area contributed by atoms with Gasteiger partial charge in [-0.3, -0.25) is 14.5 Å².